The van der Waals surface area contributed by atoms with Gasteiger partial charge in [0, 0.05) is 7.05 Å². The van der Waals surface area contributed by atoms with Crippen LogP contribution in [0, 0.1) is 0 Å². The molecule has 1 aromatic carbocycles. The fourth-order valence-corrected chi connectivity index (χ4v) is 2.94. The highest BCUT2D eigenvalue weighted by Gasteiger charge is 2.35. The fraction of sp³-hybridized carbons (Fsp3) is 0.364. The van der Waals surface area contributed by atoms with E-state index in [0.29, 0.717) is 0 Å². The standard InChI is InChI=1S/C11H13NOS/c1-8-10(13)12(2)11(14-8)9-6-4-3-5-7-9/h3-8,11H,1-2H3/t8-,11+/m1/s1. The van der Waals surface area contributed by atoms with E-state index in [0.717, 1.165) is 0 Å². The summed E-state index contributed by atoms with van der Waals surface area (Å²) >= 11 is 1.71. The Balaban J connectivity index is 2.26. The zero-order valence-corrected chi connectivity index (χ0v) is 9.12. The zero-order valence-electron chi connectivity index (χ0n) is 8.31. The highest BCUT2D eigenvalue weighted by atomic mass is 32.2. The summed E-state index contributed by atoms with van der Waals surface area (Å²) in [5, 5.41) is 0.281. The molecule has 0 N–H and O–H groups in total. The molecule has 0 unspecified atom stereocenters. The summed E-state index contributed by atoms with van der Waals surface area (Å²) in [6.07, 6.45) is 0. The van der Waals surface area contributed by atoms with E-state index in [9.17, 15) is 4.79 Å². The molecular weight excluding hydrogens is 194 g/mol. The molecule has 0 saturated carbocycles. The predicted octanol–water partition coefficient (Wildman–Crippen LogP) is 2.28. The highest BCUT2D eigenvalue weighted by Crippen LogP contribution is 2.41. The van der Waals surface area contributed by atoms with E-state index >= 15 is 0 Å². The summed E-state index contributed by atoms with van der Waals surface area (Å²) in [7, 11) is 1.87. The normalized spacial score (nSPS) is 27.0. The van der Waals surface area contributed by atoms with Crippen molar-refractivity contribution in [2.24, 2.45) is 0 Å². The van der Waals surface area contributed by atoms with Gasteiger partial charge in [0.2, 0.25) is 5.91 Å². The van der Waals surface area contributed by atoms with Crippen LogP contribution in [-0.4, -0.2) is 23.1 Å². The summed E-state index contributed by atoms with van der Waals surface area (Å²) in [6, 6.07) is 10.2. The third-order valence-electron chi connectivity index (χ3n) is 2.46. The summed E-state index contributed by atoms with van der Waals surface area (Å²) in [6.45, 7) is 1.96. The highest BCUT2D eigenvalue weighted by molar-refractivity contribution is 8.01. The molecule has 1 aromatic rings. The first-order valence-electron chi connectivity index (χ1n) is 4.67. The van der Waals surface area contributed by atoms with E-state index in [2.05, 4.69) is 12.1 Å². The van der Waals surface area contributed by atoms with E-state index in [1.54, 1.807) is 11.8 Å². The Morgan fingerprint density at radius 1 is 1.29 bits per heavy atom. The van der Waals surface area contributed by atoms with Crippen molar-refractivity contribution >= 4 is 17.7 Å². The SMILES string of the molecule is C[C@H]1S[C@@H](c2ccccc2)N(C)C1=O. The number of hydrogen-bond acceptors (Lipinski definition) is 2. The van der Waals surface area contributed by atoms with Crippen molar-refractivity contribution in [2.75, 3.05) is 7.05 Å². The Morgan fingerprint density at radius 2 is 1.93 bits per heavy atom. The van der Waals surface area contributed by atoms with Gasteiger partial charge in [-0.25, -0.2) is 0 Å². The molecule has 14 heavy (non-hydrogen) atoms. The summed E-state index contributed by atoms with van der Waals surface area (Å²) in [4.78, 5) is 13.4. The van der Waals surface area contributed by atoms with Gasteiger partial charge in [-0.15, -0.1) is 11.8 Å². The second-order valence-electron chi connectivity index (χ2n) is 3.49. The van der Waals surface area contributed by atoms with Gasteiger partial charge in [0.1, 0.15) is 5.37 Å². The van der Waals surface area contributed by atoms with Crippen LogP contribution in [0.4, 0.5) is 0 Å². The van der Waals surface area contributed by atoms with Crippen LogP contribution in [0.1, 0.15) is 17.9 Å². The van der Waals surface area contributed by atoms with Crippen molar-refractivity contribution in [3.63, 3.8) is 0 Å². The maximum atomic E-state index is 11.6. The average Bonchev–Trinajstić information content (AvgIpc) is 2.47. The van der Waals surface area contributed by atoms with Gasteiger partial charge < -0.3 is 4.90 Å². The Hall–Kier alpha value is -0.960. The number of benzene rings is 1. The van der Waals surface area contributed by atoms with Crippen LogP contribution in [-0.2, 0) is 4.79 Å². The minimum absolute atomic E-state index is 0.0882. The smallest absolute Gasteiger partial charge is 0.236 e. The lowest BCUT2D eigenvalue weighted by atomic mass is 10.2. The largest absolute Gasteiger partial charge is 0.329 e. The molecular formula is C11H13NOS. The van der Waals surface area contributed by atoms with E-state index < -0.39 is 0 Å². The number of nitrogens with zero attached hydrogens (tertiary/aromatic N) is 1. The monoisotopic (exact) mass is 207 g/mol. The molecule has 1 aliphatic rings. The van der Waals surface area contributed by atoms with E-state index in [1.807, 2.05) is 37.1 Å². The van der Waals surface area contributed by atoms with Gasteiger partial charge in [-0.2, -0.15) is 0 Å². The minimum atomic E-state index is 0.0882. The molecule has 1 amide bonds. The van der Waals surface area contributed by atoms with Crippen molar-refractivity contribution in [3.05, 3.63) is 35.9 Å². The van der Waals surface area contributed by atoms with Crippen molar-refractivity contribution in [3.8, 4) is 0 Å². The molecule has 74 valence electrons. The van der Waals surface area contributed by atoms with Crippen LogP contribution in [0.2, 0.25) is 0 Å². The molecule has 0 bridgehead atoms. The molecule has 2 atom stereocenters. The molecule has 1 fully saturated rings. The van der Waals surface area contributed by atoms with Crippen molar-refractivity contribution in [1.29, 1.82) is 0 Å². The van der Waals surface area contributed by atoms with Gasteiger partial charge in [0.15, 0.2) is 0 Å². The Morgan fingerprint density at radius 3 is 2.43 bits per heavy atom. The Bertz CT molecular complexity index is 338. The maximum absolute atomic E-state index is 11.6. The maximum Gasteiger partial charge on any atom is 0.236 e. The van der Waals surface area contributed by atoms with Crippen molar-refractivity contribution < 1.29 is 4.79 Å². The predicted molar refractivity (Wildman–Crippen MR) is 59.0 cm³/mol. The van der Waals surface area contributed by atoms with E-state index in [4.69, 9.17) is 0 Å². The number of thioether (sulfide) groups is 1. The Labute approximate surface area is 88.3 Å². The molecule has 2 nitrogen and oxygen atoms in total. The lowest BCUT2D eigenvalue weighted by Gasteiger charge is -2.18. The number of carbonyl (C=O) groups excluding carboxylic acids is 1. The van der Waals surface area contributed by atoms with Gasteiger partial charge >= 0.3 is 0 Å². The molecule has 1 heterocycles. The summed E-state index contributed by atoms with van der Waals surface area (Å²) in [5.41, 5.74) is 1.21. The summed E-state index contributed by atoms with van der Waals surface area (Å²) < 4.78 is 0. The fourth-order valence-electron chi connectivity index (χ4n) is 1.67. The third-order valence-corrected chi connectivity index (χ3v) is 3.92. The lowest BCUT2D eigenvalue weighted by Crippen LogP contribution is -2.25. The van der Waals surface area contributed by atoms with Crippen LogP contribution >= 0.6 is 11.8 Å². The van der Waals surface area contributed by atoms with Crippen LogP contribution in [0.3, 0.4) is 0 Å². The quantitative estimate of drug-likeness (QED) is 0.704. The first-order valence-corrected chi connectivity index (χ1v) is 5.61. The number of amides is 1. The molecule has 2 rings (SSSR count). The summed E-state index contributed by atoms with van der Waals surface area (Å²) in [5.74, 6) is 0.226. The van der Waals surface area contributed by atoms with Crippen LogP contribution in [0.5, 0.6) is 0 Å². The van der Waals surface area contributed by atoms with Gasteiger partial charge in [-0.3, -0.25) is 4.79 Å². The molecule has 0 radical (unpaired) electrons. The van der Waals surface area contributed by atoms with Gasteiger partial charge in [0.25, 0.3) is 0 Å². The molecule has 0 aliphatic carbocycles. The van der Waals surface area contributed by atoms with Crippen LogP contribution in [0.15, 0.2) is 30.3 Å². The molecule has 0 spiro atoms. The van der Waals surface area contributed by atoms with Gasteiger partial charge in [-0.05, 0) is 12.5 Å². The second-order valence-corrected chi connectivity index (χ2v) is 4.92. The topological polar surface area (TPSA) is 20.3 Å². The first kappa shape index (κ1) is 9.59. The Kier molecular flexibility index (Phi) is 2.50. The minimum Gasteiger partial charge on any atom is -0.329 e. The van der Waals surface area contributed by atoms with Gasteiger partial charge in [-0.1, -0.05) is 30.3 Å². The van der Waals surface area contributed by atoms with Crippen LogP contribution < -0.4 is 0 Å². The zero-order chi connectivity index (χ0) is 10.1. The van der Waals surface area contributed by atoms with Crippen molar-refractivity contribution in [1.82, 2.24) is 4.90 Å². The molecule has 0 aromatic heterocycles. The van der Waals surface area contributed by atoms with Crippen molar-refractivity contribution in [2.45, 2.75) is 17.5 Å². The number of hydrogen-bond donors (Lipinski definition) is 0. The average molecular weight is 207 g/mol. The van der Waals surface area contributed by atoms with E-state index in [-0.39, 0.29) is 16.5 Å². The number of carbonyl (C=O) groups is 1. The van der Waals surface area contributed by atoms with Crippen LogP contribution in [0.25, 0.3) is 0 Å². The second kappa shape index (κ2) is 3.65. The number of rotatable bonds is 1. The molecule has 1 aliphatic heterocycles. The molecule has 1 saturated heterocycles. The van der Waals surface area contributed by atoms with Gasteiger partial charge in [0.05, 0.1) is 5.25 Å². The van der Waals surface area contributed by atoms with E-state index in [1.165, 1.54) is 5.56 Å². The molecule has 3 heteroatoms. The lowest BCUT2D eigenvalue weighted by molar-refractivity contribution is -0.128. The third kappa shape index (κ3) is 1.52. The first-order chi connectivity index (χ1) is 6.70.